The Bertz CT molecular complexity index is 1490. The van der Waals surface area contributed by atoms with Crippen LogP contribution in [0.3, 0.4) is 0 Å². The number of aliphatic hydroxyl groups excluding tert-OH is 1. The van der Waals surface area contributed by atoms with E-state index in [0.717, 1.165) is 27.6 Å². The summed E-state index contributed by atoms with van der Waals surface area (Å²) in [5.41, 5.74) is 3.94. The van der Waals surface area contributed by atoms with Crippen molar-refractivity contribution in [1.82, 2.24) is 0 Å². The molecule has 1 heterocycles. The third-order valence-corrected chi connectivity index (χ3v) is 6.47. The van der Waals surface area contributed by atoms with Crippen LogP contribution in [0.25, 0.3) is 16.5 Å². The number of ketones is 1. The molecule has 4 aromatic rings. The maximum Gasteiger partial charge on any atom is 0.300 e. The molecule has 5 nitrogen and oxygen atoms in total. The number of Topliss-reactive ketones (excluding diaryl/α,β-unsaturated/α-hetero) is 1. The van der Waals surface area contributed by atoms with Crippen LogP contribution in [0, 0.1) is 6.92 Å². The summed E-state index contributed by atoms with van der Waals surface area (Å²) in [6.07, 6.45) is 0. The minimum atomic E-state index is -0.744. The van der Waals surface area contributed by atoms with E-state index in [1.54, 1.807) is 6.07 Å². The monoisotopic (exact) mass is 462 g/mol. The predicted octanol–water partition coefficient (Wildman–Crippen LogP) is 5.84. The zero-order chi connectivity index (χ0) is 24.7. The van der Waals surface area contributed by atoms with Crippen molar-refractivity contribution in [2.45, 2.75) is 13.0 Å². The number of nitrogens with zero attached hydrogens (tertiary/aromatic N) is 2. The Balaban J connectivity index is 1.70. The van der Waals surface area contributed by atoms with Crippen molar-refractivity contribution in [1.29, 1.82) is 0 Å². The molecule has 0 aliphatic carbocycles. The summed E-state index contributed by atoms with van der Waals surface area (Å²) in [5, 5.41) is 13.4. The van der Waals surface area contributed by atoms with Gasteiger partial charge in [0.2, 0.25) is 0 Å². The van der Waals surface area contributed by atoms with Crippen LogP contribution < -0.4 is 9.80 Å². The highest BCUT2D eigenvalue weighted by molar-refractivity contribution is 6.51. The SMILES string of the molecule is Cc1cccc(C2/C(=C(/O)c3ccc4ccccc4c3)C(=O)C(=O)N2c2ccc(N(C)C)cc2)c1. The van der Waals surface area contributed by atoms with Crippen LogP contribution in [-0.4, -0.2) is 30.9 Å². The van der Waals surface area contributed by atoms with Crippen molar-refractivity contribution < 1.29 is 14.7 Å². The van der Waals surface area contributed by atoms with E-state index < -0.39 is 17.7 Å². The van der Waals surface area contributed by atoms with Gasteiger partial charge >= 0.3 is 0 Å². The summed E-state index contributed by atoms with van der Waals surface area (Å²) in [4.78, 5) is 30.2. The topological polar surface area (TPSA) is 60.9 Å². The second-order valence-corrected chi connectivity index (χ2v) is 9.06. The Morgan fingerprint density at radius 2 is 1.54 bits per heavy atom. The van der Waals surface area contributed by atoms with E-state index in [9.17, 15) is 14.7 Å². The Labute approximate surface area is 204 Å². The number of anilines is 2. The minimum absolute atomic E-state index is 0.0903. The quantitative estimate of drug-likeness (QED) is 0.235. The van der Waals surface area contributed by atoms with Gasteiger partial charge in [-0.1, -0.05) is 66.2 Å². The zero-order valence-electron chi connectivity index (χ0n) is 19.9. The summed E-state index contributed by atoms with van der Waals surface area (Å²) in [6.45, 7) is 1.96. The van der Waals surface area contributed by atoms with Crippen LogP contribution in [0.2, 0.25) is 0 Å². The molecule has 1 unspecified atom stereocenters. The fraction of sp³-hybridized carbons (Fsp3) is 0.133. The molecule has 1 fully saturated rings. The first-order valence-corrected chi connectivity index (χ1v) is 11.5. The van der Waals surface area contributed by atoms with Gasteiger partial charge in [-0.3, -0.25) is 14.5 Å². The number of hydrogen-bond acceptors (Lipinski definition) is 4. The summed E-state index contributed by atoms with van der Waals surface area (Å²) < 4.78 is 0. The van der Waals surface area contributed by atoms with Crippen molar-refractivity contribution in [3.63, 3.8) is 0 Å². The van der Waals surface area contributed by atoms with E-state index in [0.29, 0.717) is 11.3 Å². The number of aryl methyl sites for hydroxylation is 1. The Morgan fingerprint density at radius 3 is 2.23 bits per heavy atom. The average molecular weight is 463 g/mol. The van der Waals surface area contributed by atoms with Gasteiger partial charge in [0.15, 0.2) is 0 Å². The van der Waals surface area contributed by atoms with E-state index in [1.165, 1.54) is 4.90 Å². The van der Waals surface area contributed by atoms with E-state index in [1.807, 2.05) is 111 Å². The van der Waals surface area contributed by atoms with Gasteiger partial charge in [-0.15, -0.1) is 0 Å². The lowest BCUT2D eigenvalue weighted by Gasteiger charge is -2.26. The molecule has 1 atom stereocenters. The van der Waals surface area contributed by atoms with Crippen LogP contribution in [0.1, 0.15) is 22.7 Å². The van der Waals surface area contributed by atoms with Gasteiger partial charge in [-0.05, 0) is 53.6 Å². The fourth-order valence-electron chi connectivity index (χ4n) is 4.66. The molecular formula is C30H26N2O3. The third-order valence-electron chi connectivity index (χ3n) is 6.47. The first kappa shape index (κ1) is 22.4. The van der Waals surface area contributed by atoms with Gasteiger partial charge in [0.1, 0.15) is 5.76 Å². The number of fused-ring (bicyclic) bond motifs is 1. The van der Waals surface area contributed by atoms with Crippen molar-refractivity contribution in [2.75, 3.05) is 23.9 Å². The Kier molecular flexibility index (Phi) is 5.61. The molecule has 1 aliphatic rings. The number of benzene rings is 4. The second kappa shape index (κ2) is 8.76. The van der Waals surface area contributed by atoms with E-state index in [-0.39, 0.29) is 11.3 Å². The van der Waals surface area contributed by atoms with Crippen LogP contribution in [0.5, 0.6) is 0 Å². The van der Waals surface area contributed by atoms with Gasteiger partial charge in [0.25, 0.3) is 11.7 Å². The van der Waals surface area contributed by atoms with E-state index in [4.69, 9.17) is 0 Å². The standard InChI is InChI=1S/C30H26N2O3/c1-19-7-6-10-22(17-19)27-26(28(33)23-12-11-20-8-4-5-9-21(20)18-23)29(34)30(35)32(27)25-15-13-24(14-16-25)31(2)3/h4-18,27,33H,1-3H3/b28-26-. The molecule has 1 saturated heterocycles. The van der Waals surface area contributed by atoms with Crippen LogP contribution >= 0.6 is 0 Å². The molecule has 4 aromatic carbocycles. The molecule has 5 heteroatoms. The lowest BCUT2D eigenvalue weighted by molar-refractivity contribution is -0.132. The predicted molar refractivity (Wildman–Crippen MR) is 141 cm³/mol. The summed E-state index contributed by atoms with van der Waals surface area (Å²) >= 11 is 0. The van der Waals surface area contributed by atoms with Crippen molar-refractivity contribution in [2.24, 2.45) is 0 Å². The maximum atomic E-state index is 13.4. The maximum absolute atomic E-state index is 13.4. The number of carbonyl (C=O) groups is 2. The molecule has 0 radical (unpaired) electrons. The van der Waals surface area contributed by atoms with E-state index >= 15 is 0 Å². The highest BCUT2D eigenvalue weighted by atomic mass is 16.3. The molecule has 0 saturated carbocycles. The van der Waals surface area contributed by atoms with Crippen molar-refractivity contribution in [3.8, 4) is 0 Å². The molecule has 1 aliphatic heterocycles. The van der Waals surface area contributed by atoms with Gasteiger partial charge < -0.3 is 10.0 Å². The third kappa shape index (κ3) is 3.95. The minimum Gasteiger partial charge on any atom is -0.507 e. The summed E-state index contributed by atoms with van der Waals surface area (Å²) in [7, 11) is 3.88. The number of hydrogen-bond donors (Lipinski definition) is 1. The van der Waals surface area contributed by atoms with Gasteiger partial charge in [0.05, 0.1) is 11.6 Å². The summed E-state index contributed by atoms with van der Waals surface area (Å²) in [5.74, 6) is -1.52. The molecule has 35 heavy (non-hydrogen) atoms. The molecule has 5 rings (SSSR count). The molecule has 174 valence electrons. The van der Waals surface area contributed by atoms with Crippen molar-refractivity contribution in [3.05, 3.63) is 113 Å². The molecule has 0 aromatic heterocycles. The number of carbonyl (C=O) groups excluding carboxylic acids is 2. The summed E-state index contributed by atoms with van der Waals surface area (Å²) in [6, 6.07) is 27.8. The highest BCUT2D eigenvalue weighted by Crippen LogP contribution is 2.42. The fourth-order valence-corrected chi connectivity index (χ4v) is 4.66. The van der Waals surface area contributed by atoms with Crippen molar-refractivity contribution >= 4 is 39.6 Å². The van der Waals surface area contributed by atoms with Gasteiger partial charge in [0, 0.05) is 31.0 Å². The van der Waals surface area contributed by atoms with Crippen LogP contribution in [0.15, 0.2) is 96.6 Å². The normalized spacial score (nSPS) is 17.2. The largest absolute Gasteiger partial charge is 0.507 e. The van der Waals surface area contributed by atoms with Crippen LogP contribution in [-0.2, 0) is 9.59 Å². The Morgan fingerprint density at radius 1 is 0.829 bits per heavy atom. The molecule has 1 N–H and O–H groups in total. The molecule has 1 amide bonds. The number of amides is 1. The van der Waals surface area contributed by atoms with E-state index in [2.05, 4.69) is 0 Å². The zero-order valence-corrected chi connectivity index (χ0v) is 19.9. The molecular weight excluding hydrogens is 436 g/mol. The number of rotatable bonds is 4. The van der Waals surface area contributed by atoms with Gasteiger partial charge in [-0.2, -0.15) is 0 Å². The van der Waals surface area contributed by atoms with Gasteiger partial charge in [-0.25, -0.2) is 0 Å². The molecule has 0 spiro atoms. The number of aliphatic hydroxyl groups is 1. The van der Waals surface area contributed by atoms with Crippen LogP contribution in [0.4, 0.5) is 11.4 Å². The highest BCUT2D eigenvalue weighted by Gasteiger charge is 2.47. The second-order valence-electron chi connectivity index (χ2n) is 9.06. The average Bonchev–Trinajstić information content (AvgIpc) is 3.13. The lowest BCUT2D eigenvalue weighted by Crippen LogP contribution is -2.29. The molecule has 0 bridgehead atoms. The first-order valence-electron chi connectivity index (χ1n) is 11.5. The Hall–Kier alpha value is -4.38. The smallest absolute Gasteiger partial charge is 0.300 e. The first-order chi connectivity index (χ1) is 16.8. The lowest BCUT2D eigenvalue weighted by atomic mass is 9.93.